The molecule has 2 aromatic carbocycles. The zero-order chi connectivity index (χ0) is 16.9. The summed E-state index contributed by atoms with van der Waals surface area (Å²) in [6.07, 6.45) is 0. The van der Waals surface area contributed by atoms with Crippen LogP contribution in [0.1, 0.15) is 10.4 Å². The maximum Gasteiger partial charge on any atom is 0.257 e. The molecule has 6 nitrogen and oxygen atoms in total. The van der Waals surface area contributed by atoms with Crippen molar-refractivity contribution in [2.75, 3.05) is 19.5 Å². The van der Waals surface area contributed by atoms with E-state index in [9.17, 15) is 4.79 Å². The van der Waals surface area contributed by atoms with Gasteiger partial charge in [-0.25, -0.2) is 0 Å². The molecule has 1 heterocycles. The van der Waals surface area contributed by atoms with Crippen molar-refractivity contribution in [1.29, 1.82) is 0 Å². The fourth-order valence-corrected chi connectivity index (χ4v) is 2.63. The number of rotatable bonds is 5. The molecule has 1 N–H and O–H groups in total. The molecule has 0 saturated carbocycles. The zero-order valence-electron chi connectivity index (χ0n) is 13.1. The summed E-state index contributed by atoms with van der Waals surface area (Å²) in [4.78, 5) is 16.6. The lowest BCUT2D eigenvalue weighted by Gasteiger charge is -2.03. The quantitative estimate of drug-likeness (QED) is 0.769. The fourth-order valence-electron chi connectivity index (χ4n) is 2.04. The summed E-state index contributed by atoms with van der Waals surface area (Å²) in [7, 11) is 3.19. The maximum absolute atomic E-state index is 12.2. The Kier molecular flexibility index (Phi) is 4.72. The second kappa shape index (κ2) is 7.10. The summed E-state index contributed by atoms with van der Waals surface area (Å²) in [5.74, 6) is 1.79. The third-order valence-electron chi connectivity index (χ3n) is 3.35. The molecule has 7 heteroatoms. The van der Waals surface area contributed by atoms with Gasteiger partial charge in [0, 0.05) is 22.7 Å². The second-order valence-corrected chi connectivity index (χ2v) is 5.59. The van der Waals surface area contributed by atoms with Gasteiger partial charge < -0.3 is 9.47 Å². The number of hydrogen-bond donors (Lipinski definition) is 1. The van der Waals surface area contributed by atoms with E-state index in [-0.39, 0.29) is 5.91 Å². The highest BCUT2D eigenvalue weighted by Gasteiger charge is 2.11. The van der Waals surface area contributed by atoms with Crippen LogP contribution >= 0.6 is 11.5 Å². The molecule has 3 aromatic rings. The van der Waals surface area contributed by atoms with Gasteiger partial charge in [-0.3, -0.25) is 10.1 Å². The van der Waals surface area contributed by atoms with E-state index < -0.39 is 0 Å². The Morgan fingerprint density at radius 1 is 0.958 bits per heavy atom. The first-order valence-corrected chi connectivity index (χ1v) is 7.90. The van der Waals surface area contributed by atoms with E-state index in [1.165, 1.54) is 0 Å². The Morgan fingerprint density at radius 3 is 2.12 bits per heavy atom. The van der Waals surface area contributed by atoms with E-state index in [1.54, 1.807) is 38.5 Å². The Hall–Kier alpha value is -2.93. The minimum atomic E-state index is -0.241. The van der Waals surface area contributed by atoms with Gasteiger partial charge >= 0.3 is 0 Å². The van der Waals surface area contributed by atoms with Crippen LogP contribution in [-0.4, -0.2) is 29.5 Å². The lowest BCUT2D eigenvalue weighted by Crippen LogP contribution is -2.11. The Morgan fingerprint density at radius 2 is 1.54 bits per heavy atom. The van der Waals surface area contributed by atoms with E-state index in [0.717, 1.165) is 22.8 Å². The minimum absolute atomic E-state index is 0.241. The number of nitrogens with zero attached hydrogens (tertiary/aromatic N) is 2. The number of amides is 1. The lowest BCUT2D eigenvalue weighted by atomic mass is 10.2. The lowest BCUT2D eigenvalue weighted by molar-refractivity contribution is 0.102. The topological polar surface area (TPSA) is 73.3 Å². The summed E-state index contributed by atoms with van der Waals surface area (Å²) in [6, 6.07) is 14.3. The van der Waals surface area contributed by atoms with Crippen molar-refractivity contribution in [1.82, 2.24) is 9.36 Å². The molecule has 0 bridgehead atoms. The Balaban J connectivity index is 1.71. The summed E-state index contributed by atoms with van der Waals surface area (Å²) in [5.41, 5.74) is 1.38. The van der Waals surface area contributed by atoms with Crippen LogP contribution in [0.25, 0.3) is 11.4 Å². The van der Waals surface area contributed by atoms with Crippen molar-refractivity contribution in [3.8, 4) is 22.9 Å². The van der Waals surface area contributed by atoms with Crippen LogP contribution in [-0.2, 0) is 0 Å². The molecule has 0 spiro atoms. The minimum Gasteiger partial charge on any atom is -0.497 e. The first kappa shape index (κ1) is 15.9. The average molecular weight is 341 g/mol. The van der Waals surface area contributed by atoms with Crippen LogP contribution in [0.3, 0.4) is 0 Å². The van der Waals surface area contributed by atoms with Gasteiger partial charge in [-0.05, 0) is 48.5 Å². The number of aromatic nitrogens is 2. The van der Waals surface area contributed by atoms with Crippen LogP contribution in [0, 0.1) is 0 Å². The Labute approximate surface area is 143 Å². The molecule has 0 aliphatic heterocycles. The van der Waals surface area contributed by atoms with Crippen molar-refractivity contribution >= 4 is 22.6 Å². The molecule has 0 aliphatic carbocycles. The highest BCUT2D eigenvalue weighted by atomic mass is 32.1. The first-order chi connectivity index (χ1) is 11.7. The normalized spacial score (nSPS) is 10.2. The molecule has 0 aliphatic rings. The molecule has 1 amide bonds. The van der Waals surface area contributed by atoms with Crippen LogP contribution in [0.4, 0.5) is 5.13 Å². The van der Waals surface area contributed by atoms with Crippen LogP contribution in [0.15, 0.2) is 48.5 Å². The van der Waals surface area contributed by atoms with E-state index in [0.29, 0.717) is 22.3 Å². The predicted octanol–water partition coefficient (Wildman–Crippen LogP) is 3.47. The molecular formula is C17H15N3O3S. The molecule has 0 fully saturated rings. The van der Waals surface area contributed by atoms with E-state index in [2.05, 4.69) is 14.7 Å². The second-order valence-electron chi connectivity index (χ2n) is 4.83. The van der Waals surface area contributed by atoms with Crippen LogP contribution < -0.4 is 14.8 Å². The van der Waals surface area contributed by atoms with Crippen molar-refractivity contribution < 1.29 is 14.3 Å². The van der Waals surface area contributed by atoms with E-state index in [1.807, 2.05) is 24.3 Å². The molecule has 3 rings (SSSR count). The number of hydrogen-bond acceptors (Lipinski definition) is 6. The number of methoxy groups -OCH3 is 2. The average Bonchev–Trinajstić information content (AvgIpc) is 3.10. The third kappa shape index (κ3) is 3.52. The third-order valence-corrected chi connectivity index (χ3v) is 3.98. The monoisotopic (exact) mass is 341 g/mol. The van der Waals surface area contributed by atoms with Gasteiger partial charge in [-0.15, -0.1) is 0 Å². The summed E-state index contributed by atoms with van der Waals surface area (Å²) in [6.45, 7) is 0. The van der Waals surface area contributed by atoms with E-state index >= 15 is 0 Å². The van der Waals surface area contributed by atoms with Gasteiger partial charge in [0.2, 0.25) is 5.13 Å². The van der Waals surface area contributed by atoms with E-state index in [4.69, 9.17) is 9.47 Å². The molecule has 0 saturated heterocycles. The molecule has 0 radical (unpaired) electrons. The molecule has 1 aromatic heterocycles. The first-order valence-electron chi connectivity index (χ1n) is 7.13. The summed E-state index contributed by atoms with van der Waals surface area (Å²) >= 11 is 1.14. The number of anilines is 1. The van der Waals surface area contributed by atoms with Crippen LogP contribution in [0.5, 0.6) is 11.5 Å². The summed E-state index contributed by atoms with van der Waals surface area (Å²) in [5, 5.41) is 3.19. The smallest absolute Gasteiger partial charge is 0.257 e. The van der Waals surface area contributed by atoms with Crippen molar-refractivity contribution in [2.45, 2.75) is 0 Å². The van der Waals surface area contributed by atoms with Crippen molar-refractivity contribution in [3.05, 3.63) is 54.1 Å². The largest absolute Gasteiger partial charge is 0.497 e. The maximum atomic E-state index is 12.2. The molecule has 0 atom stereocenters. The number of carbonyl (C=O) groups is 1. The van der Waals surface area contributed by atoms with Crippen molar-refractivity contribution in [3.63, 3.8) is 0 Å². The van der Waals surface area contributed by atoms with Crippen molar-refractivity contribution in [2.24, 2.45) is 0 Å². The highest BCUT2D eigenvalue weighted by molar-refractivity contribution is 7.10. The number of nitrogens with one attached hydrogen (secondary N) is 1. The fraction of sp³-hybridized carbons (Fsp3) is 0.118. The van der Waals surface area contributed by atoms with Gasteiger partial charge in [-0.1, -0.05) is 0 Å². The standard InChI is InChI=1S/C17H15N3O3S/c1-22-13-7-3-11(4-8-13)15-18-17(24-20-15)19-16(21)12-5-9-14(23-2)10-6-12/h3-10H,1-2H3,(H,18,19,20,21). The summed E-state index contributed by atoms with van der Waals surface area (Å²) < 4.78 is 14.5. The molecular weight excluding hydrogens is 326 g/mol. The Bertz CT molecular complexity index is 829. The van der Waals surface area contributed by atoms with Gasteiger partial charge in [0.15, 0.2) is 5.82 Å². The van der Waals surface area contributed by atoms with Gasteiger partial charge in [0.1, 0.15) is 11.5 Å². The number of benzene rings is 2. The van der Waals surface area contributed by atoms with Gasteiger partial charge in [0.05, 0.1) is 14.2 Å². The molecule has 122 valence electrons. The number of carbonyl (C=O) groups excluding carboxylic acids is 1. The van der Waals surface area contributed by atoms with Gasteiger partial charge in [0.25, 0.3) is 5.91 Å². The molecule has 0 unspecified atom stereocenters. The van der Waals surface area contributed by atoms with Gasteiger partial charge in [-0.2, -0.15) is 9.36 Å². The molecule has 24 heavy (non-hydrogen) atoms. The van der Waals surface area contributed by atoms with Crippen LogP contribution in [0.2, 0.25) is 0 Å². The SMILES string of the molecule is COc1ccc(C(=O)Nc2nc(-c3ccc(OC)cc3)ns2)cc1. The zero-order valence-corrected chi connectivity index (χ0v) is 14.0. The number of ether oxygens (including phenoxy) is 2. The highest BCUT2D eigenvalue weighted by Crippen LogP contribution is 2.23. The predicted molar refractivity (Wildman–Crippen MR) is 92.8 cm³/mol.